The van der Waals surface area contributed by atoms with Gasteiger partial charge in [-0.15, -0.1) is 13.2 Å². The molecule has 1 heteroatoms. The zero-order valence-corrected chi connectivity index (χ0v) is 8.62. The summed E-state index contributed by atoms with van der Waals surface area (Å²) in [6.45, 7) is 13.9. The van der Waals surface area contributed by atoms with E-state index in [1.54, 1.807) is 0 Å². The molecule has 0 aliphatic rings. The number of thiol groups is 1. The number of hydrogen-bond donors (Lipinski definition) is 1. The minimum atomic E-state index is -0.0856. The molecule has 0 spiro atoms. The van der Waals surface area contributed by atoms with E-state index in [2.05, 4.69) is 46.6 Å². The van der Waals surface area contributed by atoms with Gasteiger partial charge in [0.2, 0.25) is 0 Å². The van der Waals surface area contributed by atoms with Crippen LogP contribution in [0.15, 0.2) is 25.3 Å². The summed E-state index contributed by atoms with van der Waals surface area (Å²) >= 11 is 4.47. The fourth-order valence-corrected chi connectivity index (χ4v) is 1.47. The second-order valence-corrected chi connectivity index (χ2v) is 4.95. The molecule has 0 saturated heterocycles. The van der Waals surface area contributed by atoms with Crippen molar-refractivity contribution in [1.82, 2.24) is 0 Å². The molecule has 0 fully saturated rings. The van der Waals surface area contributed by atoms with E-state index in [1.807, 2.05) is 12.2 Å². The zero-order valence-electron chi connectivity index (χ0n) is 7.72. The standard InChI is InChI=1S/C10H18S/c1-6-9(3,4)8-10(5,11)7-2/h6-7,11H,1-2,8H2,3-5H3. The maximum Gasteiger partial charge on any atom is 0.0286 e. The van der Waals surface area contributed by atoms with Crippen LogP contribution in [-0.2, 0) is 0 Å². The van der Waals surface area contributed by atoms with Gasteiger partial charge in [0, 0.05) is 4.75 Å². The monoisotopic (exact) mass is 170 g/mol. The molecular formula is C10H18S. The molecule has 0 aromatic rings. The van der Waals surface area contributed by atoms with Crippen molar-refractivity contribution in [3.8, 4) is 0 Å². The van der Waals surface area contributed by atoms with Gasteiger partial charge in [0.25, 0.3) is 0 Å². The molecule has 0 N–H and O–H groups in total. The smallest absolute Gasteiger partial charge is 0.0286 e. The van der Waals surface area contributed by atoms with E-state index in [1.165, 1.54) is 0 Å². The van der Waals surface area contributed by atoms with E-state index in [9.17, 15) is 0 Å². The molecule has 1 unspecified atom stereocenters. The van der Waals surface area contributed by atoms with Crippen molar-refractivity contribution in [2.45, 2.75) is 31.9 Å². The molecule has 0 radical (unpaired) electrons. The van der Waals surface area contributed by atoms with Crippen LogP contribution < -0.4 is 0 Å². The average molecular weight is 170 g/mol. The Hall–Kier alpha value is -0.170. The summed E-state index contributed by atoms with van der Waals surface area (Å²) in [5.41, 5.74) is 0.144. The lowest BCUT2D eigenvalue weighted by molar-refractivity contribution is 0.408. The third-order valence-electron chi connectivity index (χ3n) is 1.81. The minimum absolute atomic E-state index is 0.0856. The highest BCUT2D eigenvalue weighted by atomic mass is 32.1. The summed E-state index contributed by atoms with van der Waals surface area (Å²) in [6, 6.07) is 0. The van der Waals surface area contributed by atoms with Crippen LogP contribution in [0.2, 0.25) is 0 Å². The Morgan fingerprint density at radius 1 is 1.18 bits per heavy atom. The first kappa shape index (κ1) is 10.8. The van der Waals surface area contributed by atoms with Gasteiger partial charge in [0.05, 0.1) is 0 Å². The summed E-state index contributed by atoms with van der Waals surface area (Å²) in [7, 11) is 0. The fourth-order valence-electron chi connectivity index (χ4n) is 1.07. The molecule has 11 heavy (non-hydrogen) atoms. The van der Waals surface area contributed by atoms with E-state index in [4.69, 9.17) is 0 Å². The number of allylic oxidation sites excluding steroid dienone is 1. The molecule has 0 saturated carbocycles. The molecule has 0 amide bonds. The number of rotatable bonds is 4. The Balaban J connectivity index is 4.23. The predicted molar refractivity (Wildman–Crippen MR) is 56.2 cm³/mol. The third kappa shape index (κ3) is 4.31. The average Bonchev–Trinajstić information content (AvgIpc) is 1.86. The van der Waals surface area contributed by atoms with Crippen molar-refractivity contribution in [2.24, 2.45) is 5.41 Å². The van der Waals surface area contributed by atoms with E-state index >= 15 is 0 Å². The Kier molecular flexibility index (Phi) is 3.43. The van der Waals surface area contributed by atoms with Crippen LogP contribution in [0, 0.1) is 5.41 Å². The molecule has 1 atom stereocenters. The maximum absolute atomic E-state index is 4.47. The highest BCUT2D eigenvalue weighted by Gasteiger charge is 2.24. The Labute approximate surface area is 75.8 Å². The van der Waals surface area contributed by atoms with Crippen molar-refractivity contribution in [2.75, 3.05) is 0 Å². The van der Waals surface area contributed by atoms with Crippen molar-refractivity contribution in [3.63, 3.8) is 0 Å². The molecule has 0 nitrogen and oxygen atoms in total. The van der Waals surface area contributed by atoms with Crippen LogP contribution in [0.25, 0.3) is 0 Å². The fraction of sp³-hybridized carbons (Fsp3) is 0.600. The van der Waals surface area contributed by atoms with Crippen molar-refractivity contribution < 1.29 is 0 Å². The highest BCUT2D eigenvalue weighted by Crippen LogP contribution is 2.33. The van der Waals surface area contributed by atoms with Gasteiger partial charge in [-0.1, -0.05) is 26.0 Å². The molecular weight excluding hydrogens is 152 g/mol. The predicted octanol–water partition coefficient (Wildman–Crippen LogP) is 3.46. The van der Waals surface area contributed by atoms with Gasteiger partial charge in [-0.3, -0.25) is 0 Å². The van der Waals surface area contributed by atoms with Gasteiger partial charge in [-0.2, -0.15) is 12.6 Å². The SMILES string of the molecule is C=CC(C)(C)CC(C)(S)C=C. The highest BCUT2D eigenvalue weighted by molar-refractivity contribution is 7.82. The summed E-state index contributed by atoms with van der Waals surface area (Å²) < 4.78 is -0.0856. The number of hydrogen-bond acceptors (Lipinski definition) is 1. The largest absolute Gasteiger partial charge is 0.169 e. The zero-order chi connectivity index (χ0) is 9.12. The molecule has 0 aromatic carbocycles. The summed E-state index contributed by atoms with van der Waals surface area (Å²) in [4.78, 5) is 0. The topological polar surface area (TPSA) is 0 Å². The van der Waals surface area contributed by atoms with Crippen LogP contribution in [-0.4, -0.2) is 4.75 Å². The molecule has 0 aliphatic heterocycles. The first-order chi connectivity index (χ1) is 4.83. The minimum Gasteiger partial charge on any atom is -0.169 e. The van der Waals surface area contributed by atoms with Gasteiger partial charge in [0.1, 0.15) is 0 Å². The molecule has 0 rings (SSSR count). The summed E-state index contributed by atoms with van der Waals surface area (Å²) in [5.74, 6) is 0. The molecule has 0 aliphatic carbocycles. The normalized spacial score (nSPS) is 17.1. The van der Waals surface area contributed by atoms with Crippen LogP contribution in [0.1, 0.15) is 27.2 Å². The van der Waals surface area contributed by atoms with Gasteiger partial charge >= 0.3 is 0 Å². The lowest BCUT2D eigenvalue weighted by atomic mass is 9.83. The van der Waals surface area contributed by atoms with Crippen LogP contribution in [0.5, 0.6) is 0 Å². The summed E-state index contributed by atoms with van der Waals surface area (Å²) in [6.07, 6.45) is 4.81. The van der Waals surface area contributed by atoms with E-state index < -0.39 is 0 Å². The first-order valence-corrected chi connectivity index (χ1v) is 4.27. The third-order valence-corrected chi connectivity index (χ3v) is 2.15. The van der Waals surface area contributed by atoms with E-state index in [-0.39, 0.29) is 10.2 Å². The van der Waals surface area contributed by atoms with E-state index in [0.29, 0.717) is 0 Å². The Morgan fingerprint density at radius 3 is 1.91 bits per heavy atom. The van der Waals surface area contributed by atoms with Gasteiger partial charge in [-0.05, 0) is 18.8 Å². The van der Waals surface area contributed by atoms with Crippen LogP contribution in [0.4, 0.5) is 0 Å². The van der Waals surface area contributed by atoms with E-state index in [0.717, 1.165) is 6.42 Å². The van der Waals surface area contributed by atoms with Gasteiger partial charge in [-0.25, -0.2) is 0 Å². The summed E-state index contributed by atoms with van der Waals surface area (Å²) in [5, 5.41) is 0. The maximum atomic E-state index is 4.47. The van der Waals surface area contributed by atoms with Crippen LogP contribution >= 0.6 is 12.6 Å². The lowest BCUT2D eigenvalue weighted by Gasteiger charge is -2.29. The van der Waals surface area contributed by atoms with Crippen molar-refractivity contribution >= 4 is 12.6 Å². The van der Waals surface area contributed by atoms with Crippen molar-refractivity contribution in [1.29, 1.82) is 0 Å². The lowest BCUT2D eigenvalue weighted by Crippen LogP contribution is -2.22. The second kappa shape index (κ2) is 3.48. The Bertz CT molecular complexity index is 136. The quantitative estimate of drug-likeness (QED) is 0.485. The molecule has 0 bridgehead atoms. The second-order valence-electron chi connectivity index (χ2n) is 3.93. The molecule has 0 aromatic heterocycles. The van der Waals surface area contributed by atoms with Crippen LogP contribution in [0.3, 0.4) is 0 Å². The molecule has 64 valence electrons. The Morgan fingerprint density at radius 2 is 1.64 bits per heavy atom. The first-order valence-electron chi connectivity index (χ1n) is 3.82. The molecule has 0 heterocycles. The van der Waals surface area contributed by atoms with Gasteiger partial charge in [0.15, 0.2) is 0 Å². The van der Waals surface area contributed by atoms with Crippen molar-refractivity contribution in [3.05, 3.63) is 25.3 Å². The van der Waals surface area contributed by atoms with Gasteiger partial charge < -0.3 is 0 Å².